The van der Waals surface area contributed by atoms with E-state index in [1.54, 1.807) is 24.3 Å². The third kappa shape index (κ3) is 7.47. The maximum atomic E-state index is 8.23. The van der Waals surface area contributed by atoms with Crippen molar-refractivity contribution in [1.82, 2.24) is 0 Å². The largest absolute Gasteiger partial charge is 0.311 e. The monoisotopic (exact) mass is 798 g/mol. The van der Waals surface area contributed by atoms with E-state index >= 15 is 0 Å². The first-order valence-corrected chi connectivity index (χ1v) is 20.7. The van der Waals surface area contributed by atoms with E-state index < -0.39 is 13.1 Å². The first kappa shape index (κ1) is 31.7. The lowest BCUT2D eigenvalue weighted by atomic mass is 9.98. The van der Waals surface area contributed by atoms with Gasteiger partial charge in [-0.1, -0.05) is 183 Å². The zero-order chi connectivity index (χ0) is 46.7. The van der Waals surface area contributed by atoms with Crippen LogP contribution in [0, 0.1) is 0 Å². The van der Waals surface area contributed by atoms with Crippen LogP contribution in [0.1, 0.15) is 19.4 Å². The summed E-state index contributed by atoms with van der Waals surface area (Å²) < 4.78 is 47.2. The predicted molar refractivity (Wildman–Crippen MR) is 267 cm³/mol. The van der Waals surface area contributed by atoms with Gasteiger partial charge in [0.25, 0.3) is 0 Å². The Morgan fingerprint density at radius 1 is 0.306 bits per heavy atom. The molecule has 0 atom stereocenters. The van der Waals surface area contributed by atoms with Gasteiger partial charge in [0.15, 0.2) is 0 Å². The molecule has 10 rings (SSSR count). The van der Waals surface area contributed by atoms with E-state index in [9.17, 15) is 0 Å². The molecule has 2 heteroatoms. The summed E-state index contributed by atoms with van der Waals surface area (Å²) in [4.78, 5) is 4.34. The molecule has 0 unspecified atom stereocenters. The normalized spacial score (nSPS) is 12.3. The molecule has 0 amide bonds. The molecular formula is C60H44N2. The SMILES string of the molecule is [2H]C([2H])=C([2H])c1ccc(N(c2ccc(-c3ccc(N(c4ccc(C([2H])=C([2H])[2H])cc4)c4ccc(-c5cccc6ccccc56)cc4)cc3)cc2)c2ccc(-c3cccc4ccccc34)cc2)cc1. The Labute approximate surface area is 372 Å². The van der Waals surface area contributed by atoms with E-state index in [0.717, 1.165) is 67.5 Å². The summed E-state index contributed by atoms with van der Waals surface area (Å²) in [5.41, 5.74) is 13.2. The van der Waals surface area contributed by atoms with Crippen molar-refractivity contribution in [3.63, 3.8) is 0 Å². The summed E-state index contributed by atoms with van der Waals surface area (Å²) in [5.74, 6) is 0. The molecule has 0 aromatic heterocycles. The number of benzene rings is 10. The lowest BCUT2D eigenvalue weighted by Gasteiger charge is -2.26. The Hall–Kier alpha value is -8.20. The van der Waals surface area contributed by atoms with Crippen LogP contribution >= 0.6 is 0 Å². The van der Waals surface area contributed by atoms with Crippen LogP contribution in [0.2, 0.25) is 0 Å². The zero-order valence-corrected chi connectivity index (χ0v) is 33.8. The molecule has 0 aliphatic carbocycles. The molecule has 0 saturated heterocycles. The molecule has 294 valence electrons. The third-order valence-corrected chi connectivity index (χ3v) is 11.6. The standard InChI is InChI=1S/C60H44N2/c1-3-43-19-31-51(32-20-43)61(55-39-27-49(28-40-55)59-17-9-13-47-11-5-7-15-57(47)59)53-35-23-45(24-36-53)46-25-37-54(38-26-46)62(52-33-21-44(4-2)22-34-52)56-41-29-50(30-42-56)60-18-10-14-48-12-6-8-16-58(48)60/h3-42H,1-2H2/i1D2,2D2,3D,4D. The van der Waals surface area contributed by atoms with Crippen LogP contribution in [0.5, 0.6) is 0 Å². The van der Waals surface area contributed by atoms with Crippen LogP contribution in [-0.2, 0) is 0 Å². The second-order valence-corrected chi connectivity index (χ2v) is 15.3. The highest BCUT2D eigenvalue weighted by atomic mass is 15.1. The topological polar surface area (TPSA) is 6.48 Å². The summed E-state index contributed by atoms with van der Waals surface area (Å²) in [6, 6.07) is 78.2. The summed E-state index contributed by atoms with van der Waals surface area (Å²) in [6.07, 6.45) is 0. The molecule has 10 aromatic carbocycles. The summed E-state index contributed by atoms with van der Waals surface area (Å²) in [6.45, 7) is -1.05. The molecule has 0 fully saturated rings. The maximum Gasteiger partial charge on any atom is 0.0623 e. The zero-order valence-electron chi connectivity index (χ0n) is 39.8. The van der Waals surface area contributed by atoms with E-state index in [1.165, 1.54) is 21.5 Å². The van der Waals surface area contributed by atoms with Gasteiger partial charge in [0.05, 0.1) is 8.22 Å². The highest BCUT2D eigenvalue weighted by Gasteiger charge is 2.16. The number of fused-ring (bicyclic) bond motifs is 2. The van der Waals surface area contributed by atoms with Gasteiger partial charge in [-0.3, -0.25) is 0 Å². The van der Waals surface area contributed by atoms with E-state index in [2.05, 4.69) is 192 Å². The average molecular weight is 799 g/mol. The van der Waals surface area contributed by atoms with E-state index in [1.807, 2.05) is 24.3 Å². The molecule has 0 N–H and O–H groups in total. The van der Waals surface area contributed by atoms with Gasteiger partial charge >= 0.3 is 0 Å². The van der Waals surface area contributed by atoms with Gasteiger partial charge in [-0.25, -0.2) is 0 Å². The number of anilines is 6. The summed E-state index contributed by atoms with van der Waals surface area (Å²) in [5, 5.41) is 4.77. The summed E-state index contributed by atoms with van der Waals surface area (Å²) in [7, 11) is 0. The Balaban J connectivity index is 0.975. The van der Waals surface area contributed by atoms with Crippen LogP contribution in [0.25, 0.3) is 67.0 Å². The minimum atomic E-state index is -0.527. The van der Waals surface area contributed by atoms with E-state index in [0.29, 0.717) is 11.1 Å². The molecule has 62 heavy (non-hydrogen) atoms. The van der Waals surface area contributed by atoms with Crippen LogP contribution in [0.4, 0.5) is 34.1 Å². The van der Waals surface area contributed by atoms with Gasteiger partial charge in [0, 0.05) is 34.1 Å². The fourth-order valence-electron chi connectivity index (χ4n) is 8.42. The van der Waals surface area contributed by atoms with Crippen molar-refractivity contribution in [2.75, 3.05) is 9.80 Å². The predicted octanol–water partition coefficient (Wildman–Crippen LogP) is 17.2. The first-order chi connectivity index (χ1) is 33.2. The number of hydrogen-bond acceptors (Lipinski definition) is 2. The van der Waals surface area contributed by atoms with Crippen molar-refractivity contribution in [3.05, 3.63) is 255 Å². The Morgan fingerprint density at radius 3 is 0.935 bits per heavy atom. The third-order valence-electron chi connectivity index (χ3n) is 11.6. The van der Waals surface area contributed by atoms with E-state index in [-0.39, 0.29) is 12.1 Å². The van der Waals surface area contributed by atoms with Gasteiger partial charge in [0.1, 0.15) is 0 Å². The molecule has 0 bridgehead atoms. The second kappa shape index (κ2) is 16.8. The van der Waals surface area contributed by atoms with Crippen molar-refractivity contribution >= 4 is 67.8 Å². The molecule has 0 heterocycles. The maximum absolute atomic E-state index is 8.23. The van der Waals surface area contributed by atoms with Crippen molar-refractivity contribution in [1.29, 1.82) is 0 Å². The van der Waals surface area contributed by atoms with Crippen LogP contribution in [-0.4, -0.2) is 0 Å². The first-order valence-electron chi connectivity index (χ1n) is 23.7. The number of rotatable bonds is 11. The lowest BCUT2D eigenvalue weighted by molar-refractivity contribution is 1.28. The molecule has 0 spiro atoms. The van der Waals surface area contributed by atoms with Gasteiger partial charge in [-0.2, -0.15) is 0 Å². The quantitative estimate of drug-likeness (QED) is 0.129. The minimum absolute atomic E-state index is 0.127. The van der Waals surface area contributed by atoms with Gasteiger partial charge in [-0.05, 0) is 139 Å². The molecule has 2 nitrogen and oxygen atoms in total. The fourth-order valence-corrected chi connectivity index (χ4v) is 8.42. The Morgan fingerprint density at radius 2 is 0.597 bits per heavy atom. The summed E-state index contributed by atoms with van der Waals surface area (Å²) >= 11 is 0. The molecule has 10 aromatic rings. The van der Waals surface area contributed by atoms with Crippen molar-refractivity contribution in [2.24, 2.45) is 0 Å². The molecule has 0 saturated carbocycles. The molecular weight excluding hydrogens is 749 g/mol. The average Bonchev–Trinajstić information content (AvgIpc) is 3.39. The van der Waals surface area contributed by atoms with Crippen LogP contribution < -0.4 is 9.80 Å². The van der Waals surface area contributed by atoms with Gasteiger partial charge in [0.2, 0.25) is 0 Å². The van der Waals surface area contributed by atoms with Gasteiger partial charge < -0.3 is 9.80 Å². The Kier molecular flexibility index (Phi) is 8.59. The highest BCUT2D eigenvalue weighted by Crippen LogP contribution is 2.40. The minimum Gasteiger partial charge on any atom is -0.311 e. The second-order valence-electron chi connectivity index (χ2n) is 15.3. The molecule has 0 radical (unpaired) electrons. The fraction of sp³-hybridized carbons (Fsp3) is 0. The molecule has 0 aliphatic heterocycles. The van der Waals surface area contributed by atoms with Crippen molar-refractivity contribution in [2.45, 2.75) is 0 Å². The van der Waals surface area contributed by atoms with E-state index in [4.69, 9.17) is 8.22 Å². The van der Waals surface area contributed by atoms with Crippen LogP contribution in [0.15, 0.2) is 244 Å². The number of hydrogen-bond donors (Lipinski definition) is 0. The van der Waals surface area contributed by atoms with Gasteiger partial charge in [-0.15, -0.1) is 0 Å². The number of nitrogens with zero attached hydrogens (tertiary/aromatic N) is 2. The van der Waals surface area contributed by atoms with Crippen LogP contribution in [0.3, 0.4) is 0 Å². The smallest absolute Gasteiger partial charge is 0.0623 e. The lowest BCUT2D eigenvalue weighted by Crippen LogP contribution is -2.10. The van der Waals surface area contributed by atoms with Crippen molar-refractivity contribution in [3.8, 4) is 33.4 Å². The molecule has 0 aliphatic rings. The highest BCUT2D eigenvalue weighted by molar-refractivity contribution is 5.98. The van der Waals surface area contributed by atoms with Crippen molar-refractivity contribution < 1.29 is 8.22 Å². The Bertz CT molecular complexity index is 3220.